The van der Waals surface area contributed by atoms with Crippen LogP contribution >= 0.6 is 0 Å². The SMILES string of the molecule is CC1(N)c2ccccc2Oc2ccc(CO)cc21. The van der Waals surface area contributed by atoms with Gasteiger partial charge in [0.25, 0.3) is 0 Å². The summed E-state index contributed by atoms with van der Waals surface area (Å²) in [5.74, 6) is 1.56. The first-order valence-corrected chi connectivity index (χ1v) is 5.93. The van der Waals surface area contributed by atoms with E-state index in [1.54, 1.807) is 0 Å². The minimum Gasteiger partial charge on any atom is -0.457 e. The molecule has 0 saturated heterocycles. The molecule has 0 amide bonds. The molecule has 2 aromatic rings. The minimum absolute atomic E-state index is 0.00497. The molecule has 1 heterocycles. The van der Waals surface area contributed by atoms with Crippen molar-refractivity contribution in [3.05, 3.63) is 59.2 Å². The second kappa shape index (κ2) is 3.83. The first kappa shape index (κ1) is 11.3. The molecule has 3 rings (SSSR count). The van der Waals surface area contributed by atoms with Gasteiger partial charge in [0.2, 0.25) is 0 Å². The van der Waals surface area contributed by atoms with Crippen molar-refractivity contribution in [2.45, 2.75) is 19.1 Å². The summed E-state index contributed by atoms with van der Waals surface area (Å²) < 4.78 is 5.85. The van der Waals surface area contributed by atoms with Crippen LogP contribution in [0.3, 0.4) is 0 Å². The Labute approximate surface area is 106 Å². The maximum atomic E-state index is 9.22. The summed E-state index contributed by atoms with van der Waals surface area (Å²) in [5, 5.41) is 9.22. The van der Waals surface area contributed by atoms with Crippen molar-refractivity contribution in [1.82, 2.24) is 0 Å². The summed E-state index contributed by atoms with van der Waals surface area (Å²) in [6, 6.07) is 13.4. The minimum atomic E-state index is -0.602. The predicted octanol–water partition coefficient (Wildman–Crippen LogP) is 2.51. The molecule has 3 N–H and O–H groups in total. The van der Waals surface area contributed by atoms with Crippen LogP contribution in [0.5, 0.6) is 11.5 Å². The van der Waals surface area contributed by atoms with Crippen LogP contribution in [0.2, 0.25) is 0 Å². The molecular weight excluding hydrogens is 226 g/mol. The lowest BCUT2D eigenvalue weighted by molar-refractivity contribution is 0.281. The number of hydrogen-bond donors (Lipinski definition) is 2. The van der Waals surface area contributed by atoms with E-state index in [0.29, 0.717) is 0 Å². The first-order valence-electron chi connectivity index (χ1n) is 5.93. The molecule has 2 aromatic carbocycles. The highest BCUT2D eigenvalue weighted by atomic mass is 16.5. The van der Waals surface area contributed by atoms with E-state index in [-0.39, 0.29) is 6.61 Å². The molecule has 92 valence electrons. The van der Waals surface area contributed by atoms with Gasteiger partial charge in [-0.15, -0.1) is 0 Å². The Hall–Kier alpha value is -1.84. The molecule has 18 heavy (non-hydrogen) atoms. The van der Waals surface area contributed by atoms with Gasteiger partial charge in [-0.2, -0.15) is 0 Å². The lowest BCUT2D eigenvalue weighted by atomic mass is 9.82. The van der Waals surface area contributed by atoms with E-state index < -0.39 is 5.54 Å². The van der Waals surface area contributed by atoms with E-state index in [2.05, 4.69) is 0 Å². The smallest absolute Gasteiger partial charge is 0.132 e. The highest BCUT2D eigenvalue weighted by molar-refractivity contribution is 5.56. The fourth-order valence-electron chi connectivity index (χ4n) is 2.42. The fraction of sp³-hybridized carbons (Fsp3) is 0.200. The molecule has 1 aliphatic rings. The van der Waals surface area contributed by atoms with E-state index in [0.717, 1.165) is 28.2 Å². The van der Waals surface area contributed by atoms with Crippen LogP contribution in [0.15, 0.2) is 42.5 Å². The van der Waals surface area contributed by atoms with Crippen molar-refractivity contribution in [2.75, 3.05) is 0 Å². The van der Waals surface area contributed by atoms with Crippen LogP contribution in [0.25, 0.3) is 0 Å². The van der Waals surface area contributed by atoms with Gasteiger partial charge < -0.3 is 15.6 Å². The van der Waals surface area contributed by atoms with Gasteiger partial charge in [0.05, 0.1) is 12.1 Å². The summed E-state index contributed by atoms with van der Waals surface area (Å²) in [6.07, 6.45) is 0. The Bertz CT molecular complexity index is 605. The number of aliphatic hydroxyl groups excluding tert-OH is 1. The topological polar surface area (TPSA) is 55.5 Å². The summed E-state index contributed by atoms with van der Waals surface area (Å²) in [5.41, 5.74) is 8.58. The molecule has 0 bridgehead atoms. The average Bonchev–Trinajstić information content (AvgIpc) is 2.39. The molecule has 3 heteroatoms. The van der Waals surface area contributed by atoms with Crippen molar-refractivity contribution in [3.8, 4) is 11.5 Å². The molecular formula is C15H15NO2. The van der Waals surface area contributed by atoms with E-state index in [1.807, 2.05) is 49.4 Å². The van der Waals surface area contributed by atoms with Crippen LogP contribution in [0.4, 0.5) is 0 Å². The summed E-state index contributed by atoms with van der Waals surface area (Å²) in [4.78, 5) is 0. The second-order valence-corrected chi connectivity index (χ2v) is 4.79. The zero-order valence-corrected chi connectivity index (χ0v) is 10.2. The van der Waals surface area contributed by atoms with Crippen molar-refractivity contribution in [2.24, 2.45) is 5.73 Å². The van der Waals surface area contributed by atoms with Crippen LogP contribution in [-0.4, -0.2) is 5.11 Å². The number of para-hydroxylation sites is 1. The Morgan fingerprint density at radius 3 is 2.61 bits per heavy atom. The molecule has 3 nitrogen and oxygen atoms in total. The van der Waals surface area contributed by atoms with Crippen molar-refractivity contribution < 1.29 is 9.84 Å². The molecule has 0 spiro atoms. The zero-order chi connectivity index (χ0) is 12.8. The van der Waals surface area contributed by atoms with Gasteiger partial charge >= 0.3 is 0 Å². The molecule has 0 saturated carbocycles. The van der Waals surface area contributed by atoms with Crippen LogP contribution in [-0.2, 0) is 12.1 Å². The van der Waals surface area contributed by atoms with Crippen LogP contribution in [0, 0.1) is 0 Å². The average molecular weight is 241 g/mol. The number of rotatable bonds is 1. The van der Waals surface area contributed by atoms with Gasteiger partial charge in [-0.1, -0.05) is 24.3 Å². The molecule has 1 unspecified atom stereocenters. The summed E-state index contributed by atoms with van der Waals surface area (Å²) >= 11 is 0. The maximum absolute atomic E-state index is 9.22. The number of ether oxygens (including phenoxy) is 1. The van der Waals surface area contributed by atoms with E-state index in [1.165, 1.54) is 0 Å². The Balaban J connectivity index is 2.22. The van der Waals surface area contributed by atoms with Gasteiger partial charge in [-0.3, -0.25) is 0 Å². The predicted molar refractivity (Wildman–Crippen MR) is 69.5 cm³/mol. The molecule has 1 aliphatic heterocycles. The highest BCUT2D eigenvalue weighted by Crippen LogP contribution is 2.45. The van der Waals surface area contributed by atoms with E-state index in [9.17, 15) is 5.11 Å². The van der Waals surface area contributed by atoms with Gasteiger partial charge in [-0.05, 0) is 30.7 Å². The zero-order valence-electron chi connectivity index (χ0n) is 10.2. The largest absolute Gasteiger partial charge is 0.457 e. The normalized spacial score (nSPS) is 20.8. The van der Waals surface area contributed by atoms with Crippen molar-refractivity contribution >= 4 is 0 Å². The standard InChI is InChI=1S/C15H15NO2/c1-15(16)11-4-2-3-5-13(11)18-14-7-6-10(9-17)8-12(14)15/h2-8,17H,9,16H2,1H3. The van der Waals surface area contributed by atoms with Gasteiger partial charge in [0, 0.05) is 11.1 Å². The Kier molecular flexibility index (Phi) is 2.40. The third kappa shape index (κ3) is 1.52. The Morgan fingerprint density at radius 1 is 1.11 bits per heavy atom. The van der Waals surface area contributed by atoms with Crippen LogP contribution < -0.4 is 10.5 Å². The highest BCUT2D eigenvalue weighted by Gasteiger charge is 2.34. The second-order valence-electron chi connectivity index (χ2n) is 4.79. The lowest BCUT2D eigenvalue weighted by Crippen LogP contribution is -2.37. The first-order chi connectivity index (χ1) is 8.63. The fourth-order valence-corrected chi connectivity index (χ4v) is 2.42. The number of aliphatic hydroxyl groups is 1. The third-order valence-electron chi connectivity index (χ3n) is 3.45. The molecule has 0 radical (unpaired) electrons. The number of nitrogens with two attached hydrogens (primary N) is 1. The monoisotopic (exact) mass is 241 g/mol. The summed E-state index contributed by atoms with van der Waals surface area (Å²) in [6.45, 7) is 1.97. The molecule has 0 fully saturated rings. The Morgan fingerprint density at radius 2 is 1.83 bits per heavy atom. The van der Waals surface area contributed by atoms with E-state index in [4.69, 9.17) is 10.5 Å². The van der Waals surface area contributed by atoms with Crippen LogP contribution in [0.1, 0.15) is 23.6 Å². The molecule has 0 aromatic heterocycles. The van der Waals surface area contributed by atoms with Gasteiger partial charge in [-0.25, -0.2) is 0 Å². The van der Waals surface area contributed by atoms with Crippen molar-refractivity contribution in [1.29, 1.82) is 0 Å². The maximum Gasteiger partial charge on any atom is 0.132 e. The van der Waals surface area contributed by atoms with E-state index >= 15 is 0 Å². The van der Waals surface area contributed by atoms with Gasteiger partial charge in [0.15, 0.2) is 0 Å². The van der Waals surface area contributed by atoms with Crippen molar-refractivity contribution in [3.63, 3.8) is 0 Å². The third-order valence-corrected chi connectivity index (χ3v) is 3.45. The molecule has 0 aliphatic carbocycles. The number of benzene rings is 2. The number of fused-ring (bicyclic) bond motifs is 2. The lowest BCUT2D eigenvalue weighted by Gasteiger charge is -2.34. The molecule has 1 atom stereocenters. The van der Waals surface area contributed by atoms with Gasteiger partial charge in [0.1, 0.15) is 11.5 Å². The quantitative estimate of drug-likeness (QED) is 0.806. The number of hydrogen-bond acceptors (Lipinski definition) is 3. The summed E-state index contributed by atoms with van der Waals surface area (Å²) in [7, 11) is 0.